The van der Waals surface area contributed by atoms with Gasteiger partial charge in [0.1, 0.15) is 25.4 Å². The standard InChI is InChI=1S/C99H174O16P2/c1-4-7-10-13-16-19-22-25-28-30-32-34-36-38-40-42-44-45-46-47-49-51-52-54-56-58-60-62-65-67-70-73-76-79-82-85-97(102)109-88-94(100)89-111-116(105,106)112-90-95(101)91-113-117(107,108)114-93-96(115-99(104)87-84-81-78-75-72-69-64-27-24-21-18-15-12-9-6-3)92-110-98(103)86-83-80-77-74-71-68-66-63-61-59-57-55-53-50-48-43-41-39-37-35-33-31-29-26-23-20-17-14-11-8-5-2/h7,10,16-17,19-20,25-29,32-35,38-41,44-45,64,94-96,100-101H,4-6,8-9,11-15,18,21-24,30-31,36-37,42-43,46-63,65-93H2,1-3H3,(H,105,106)(H,107,108)/b10-7-,19-16-,20-17-,28-25-,29-26-,34-32-,35-33-,40-38-,41-39-,45-44-,64-27-. The number of unbranched alkanes of at least 4 members (excludes halogenated alkanes) is 45. The molecule has 0 aromatic carbocycles. The number of ether oxygens (including phenoxy) is 3. The minimum Gasteiger partial charge on any atom is -0.463 e. The Labute approximate surface area is 715 Å². The molecule has 676 valence electrons. The van der Waals surface area contributed by atoms with E-state index in [0.717, 1.165) is 135 Å². The monoisotopic (exact) mass is 1680 g/mol. The second-order valence-corrected chi connectivity index (χ2v) is 34.7. The maximum Gasteiger partial charge on any atom is 0.472 e. The molecule has 117 heavy (non-hydrogen) atoms. The van der Waals surface area contributed by atoms with Crippen LogP contribution >= 0.6 is 15.6 Å². The third-order valence-electron chi connectivity index (χ3n) is 20.3. The van der Waals surface area contributed by atoms with E-state index in [4.69, 9.17) is 32.3 Å². The molecule has 0 saturated carbocycles. The van der Waals surface area contributed by atoms with Gasteiger partial charge in [-0.15, -0.1) is 0 Å². The van der Waals surface area contributed by atoms with E-state index >= 15 is 0 Å². The largest absolute Gasteiger partial charge is 0.472 e. The lowest BCUT2D eigenvalue weighted by molar-refractivity contribution is -0.161. The molecule has 18 heteroatoms. The van der Waals surface area contributed by atoms with Crippen LogP contribution in [0.15, 0.2) is 134 Å². The lowest BCUT2D eigenvalue weighted by Gasteiger charge is -2.21. The van der Waals surface area contributed by atoms with Crippen molar-refractivity contribution in [1.29, 1.82) is 0 Å². The molecule has 0 fully saturated rings. The van der Waals surface area contributed by atoms with Crippen LogP contribution in [-0.4, -0.2) is 95.9 Å². The lowest BCUT2D eigenvalue weighted by atomic mass is 10.0. The van der Waals surface area contributed by atoms with E-state index < -0.39 is 91.5 Å². The smallest absolute Gasteiger partial charge is 0.463 e. The lowest BCUT2D eigenvalue weighted by Crippen LogP contribution is -2.30. The third-order valence-corrected chi connectivity index (χ3v) is 22.2. The van der Waals surface area contributed by atoms with Gasteiger partial charge in [0.2, 0.25) is 0 Å². The normalized spacial score (nSPS) is 14.4. The molecule has 0 rings (SSSR count). The second-order valence-electron chi connectivity index (χ2n) is 31.8. The molecule has 0 spiro atoms. The Bertz CT molecular complexity index is 2660. The van der Waals surface area contributed by atoms with Gasteiger partial charge in [-0.2, -0.15) is 0 Å². The number of hydrogen-bond donors (Lipinski definition) is 4. The Balaban J connectivity index is 4.42. The molecule has 0 aliphatic heterocycles. The van der Waals surface area contributed by atoms with E-state index in [1.807, 2.05) is 0 Å². The van der Waals surface area contributed by atoms with Crippen LogP contribution in [0, 0.1) is 0 Å². The number of carbonyl (C=O) groups is 3. The van der Waals surface area contributed by atoms with E-state index in [-0.39, 0.29) is 19.3 Å². The zero-order chi connectivity index (χ0) is 85.1. The maximum atomic E-state index is 13.0. The first-order valence-corrected chi connectivity index (χ1v) is 50.5. The highest BCUT2D eigenvalue weighted by atomic mass is 31.2. The Morgan fingerprint density at radius 2 is 0.453 bits per heavy atom. The van der Waals surface area contributed by atoms with Gasteiger partial charge in [0.15, 0.2) is 6.10 Å². The minimum absolute atomic E-state index is 0.0961. The number of carbonyl (C=O) groups excluding carboxylic acids is 3. The quantitative estimate of drug-likeness (QED) is 0.0146. The van der Waals surface area contributed by atoms with Gasteiger partial charge >= 0.3 is 33.6 Å². The fraction of sp³-hybridized carbons (Fsp3) is 0.747. The van der Waals surface area contributed by atoms with E-state index in [9.17, 15) is 43.5 Å². The summed E-state index contributed by atoms with van der Waals surface area (Å²) in [6, 6.07) is 0. The summed E-state index contributed by atoms with van der Waals surface area (Å²) in [6.45, 7) is 2.59. The number of phosphoric acid groups is 2. The van der Waals surface area contributed by atoms with Gasteiger partial charge in [-0.3, -0.25) is 32.5 Å². The first-order chi connectivity index (χ1) is 57.2. The summed E-state index contributed by atoms with van der Waals surface area (Å²) >= 11 is 0. The third kappa shape index (κ3) is 92.3. The van der Waals surface area contributed by atoms with Crippen LogP contribution in [0.5, 0.6) is 0 Å². The Kier molecular flexibility index (Phi) is 87.6. The molecule has 0 radical (unpaired) electrons. The van der Waals surface area contributed by atoms with Crippen LogP contribution in [0.2, 0.25) is 0 Å². The molecule has 5 atom stereocenters. The van der Waals surface area contributed by atoms with Crippen molar-refractivity contribution in [3.05, 3.63) is 134 Å². The van der Waals surface area contributed by atoms with Crippen molar-refractivity contribution in [3.8, 4) is 0 Å². The van der Waals surface area contributed by atoms with Crippen molar-refractivity contribution >= 4 is 33.6 Å². The van der Waals surface area contributed by atoms with Crippen LogP contribution < -0.4 is 0 Å². The summed E-state index contributed by atoms with van der Waals surface area (Å²) in [7, 11) is -9.80. The maximum absolute atomic E-state index is 13.0. The van der Waals surface area contributed by atoms with Crippen molar-refractivity contribution in [2.75, 3.05) is 39.6 Å². The predicted octanol–water partition coefficient (Wildman–Crippen LogP) is 29.3. The van der Waals surface area contributed by atoms with Crippen LogP contribution in [0.3, 0.4) is 0 Å². The van der Waals surface area contributed by atoms with E-state index in [1.54, 1.807) is 0 Å². The molecule has 0 bridgehead atoms. The van der Waals surface area contributed by atoms with Crippen molar-refractivity contribution in [2.45, 2.75) is 437 Å². The number of aliphatic hydroxyl groups excluding tert-OH is 2. The topological polar surface area (TPSA) is 231 Å². The average Bonchev–Trinajstić information content (AvgIpc) is 0.886. The van der Waals surface area contributed by atoms with Gasteiger partial charge in [-0.1, -0.05) is 392 Å². The molecule has 16 nitrogen and oxygen atoms in total. The minimum atomic E-state index is -4.94. The molecule has 0 amide bonds. The summed E-state index contributed by atoms with van der Waals surface area (Å²) in [4.78, 5) is 58.9. The average molecular weight is 1680 g/mol. The van der Waals surface area contributed by atoms with E-state index in [2.05, 4.69) is 154 Å². The van der Waals surface area contributed by atoms with Gasteiger partial charge in [0, 0.05) is 19.3 Å². The molecule has 0 aliphatic carbocycles. The summed E-state index contributed by atoms with van der Waals surface area (Å²) in [5.74, 6) is -1.57. The van der Waals surface area contributed by atoms with Crippen molar-refractivity contribution < 1.29 is 75.8 Å². The van der Waals surface area contributed by atoms with Gasteiger partial charge in [0.05, 0.1) is 26.4 Å². The first kappa shape index (κ1) is 113. The number of rotatable bonds is 90. The van der Waals surface area contributed by atoms with Crippen LogP contribution in [-0.2, 0) is 55.8 Å². The number of phosphoric ester groups is 2. The van der Waals surface area contributed by atoms with Gasteiger partial charge in [-0.25, -0.2) is 9.13 Å². The molecule has 4 N–H and O–H groups in total. The summed E-state index contributed by atoms with van der Waals surface area (Å²) < 4.78 is 61.4. The van der Waals surface area contributed by atoms with Gasteiger partial charge in [-0.05, 0) is 141 Å². The highest BCUT2D eigenvalue weighted by molar-refractivity contribution is 7.47. The zero-order valence-electron chi connectivity index (χ0n) is 74.6. The Morgan fingerprint density at radius 3 is 0.744 bits per heavy atom. The van der Waals surface area contributed by atoms with Crippen LogP contribution in [0.4, 0.5) is 0 Å². The molecule has 0 saturated heterocycles. The Hall–Kier alpha value is -4.31. The van der Waals surface area contributed by atoms with Crippen LogP contribution in [0.1, 0.15) is 419 Å². The summed E-state index contributed by atoms with van der Waals surface area (Å²) in [5.41, 5.74) is 0. The van der Waals surface area contributed by atoms with E-state index in [0.29, 0.717) is 19.3 Å². The predicted molar refractivity (Wildman–Crippen MR) is 491 cm³/mol. The van der Waals surface area contributed by atoms with E-state index in [1.165, 1.54) is 225 Å². The van der Waals surface area contributed by atoms with Crippen molar-refractivity contribution in [3.63, 3.8) is 0 Å². The SMILES string of the molecule is CC/C=C\C/C=C\C/C=C\C/C=C\C/C=C\C/C=C\CCCCCCCCCCCCCCCCCCC(=O)OCC(O)COP(=O)(O)OCC(O)COP(=O)(O)OCC(COC(=O)CCCCCCCCCCCCCCCCC/C=C\C/C=C\C/C=C\C/C=C\CCCCC)OC(=O)CCCCCCC/C=C\CCCCCCCC. The zero-order valence-corrected chi connectivity index (χ0v) is 76.4. The Morgan fingerprint density at radius 1 is 0.248 bits per heavy atom. The molecule has 5 unspecified atom stereocenters. The van der Waals surface area contributed by atoms with Gasteiger partial charge < -0.3 is 34.2 Å². The fourth-order valence-electron chi connectivity index (χ4n) is 13.1. The molecule has 0 heterocycles. The fourth-order valence-corrected chi connectivity index (χ4v) is 14.7. The number of allylic oxidation sites excluding steroid dienone is 22. The highest BCUT2D eigenvalue weighted by Crippen LogP contribution is 2.45. The van der Waals surface area contributed by atoms with Crippen molar-refractivity contribution in [2.24, 2.45) is 0 Å². The summed E-state index contributed by atoms with van der Waals surface area (Å²) in [5, 5.41) is 20.7. The highest BCUT2D eigenvalue weighted by Gasteiger charge is 2.30. The number of hydrogen-bond acceptors (Lipinski definition) is 14. The number of aliphatic hydroxyl groups is 2. The molecule has 0 aromatic heterocycles. The molecular formula is C99H174O16P2. The first-order valence-electron chi connectivity index (χ1n) is 47.5. The van der Waals surface area contributed by atoms with Crippen LogP contribution in [0.25, 0.3) is 0 Å². The molecular weight excluding hydrogens is 1510 g/mol. The van der Waals surface area contributed by atoms with Gasteiger partial charge in [0.25, 0.3) is 0 Å². The molecule has 0 aliphatic rings. The summed E-state index contributed by atoms with van der Waals surface area (Å²) in [6.07, 6.45) is 114. The van der Waals surface area contributed by atoms with Crippen molar-refractivity contribution in [1.82, 2.24) is 0 Å². The molecule has 0 aromatic rings. The number of esters is 3. The second kappa shape index (κ2) is 90.9.